The lowest BCUT2D eigenvalue weighted by Crippen LogP contribution is -2.12. The minimum Gasteiger partial charge on any atom is -0.452 e. The Hall–Kier alpha value is -2.51. The van der Waals surface area contributed by atoms with Crippen LogP contribution in [0.3, 0.4) is 0 Å². The van der Waals surface area contributed by atoms with Crippen LogP contribution in [0.2, 0.25) is 0 Å². The van der Waals surface area contributed by atoms with E-state index in [2.05, 4.69) is 21.0 Å². The van der Waals surface area contributed by atoms with Crippen molar-refractivity contribution in [2.45, 2.75) is 6.92 Å². The monoisotopic (exact) mass is 414 g/mol. The molecule has 0 N–H and O–H groups in total. The normalized spacial score (nSPS) is 11.1. The number of ketones is 1. The van der Waals surface area contributed by atoms with Gasteiger partial charge in [0.1, 0.15) is 5.58 Å². The highest BCUT2D eigenvalue weighted by atomic mass is 79.9. The van der Waals surface area contributed by atoms with Crippen LogP contribution in [0.25, 0.3) is 16.7 Å². The number of nitrogens with zero attached hydrogens (tertiary/aromatic N) is 2. The summed E-state index contributed by atoms with van der Waals surface area (Å²) >= 11 is 4.19. The van der Waals surface area contributed by atoms with Crippen LogP contribution in [0, 0.1) is 6.92 Å². The van der Waals surface area contributed by atoms with Crippen molar-refractivity contribution in [3.63, 3.8) is 0 Å². The highest BCUT2D eigenvalue weighted by molar-refractivity contribution is 9.10. The van der Waals surface area contributed by atoms with Crippen molar-refractivity contribution < 1.29 is 9.21 Å². The number of aromatic nitrogens is 2. The lowest BCUT2D eigenvalue weighted by molar-refractivity contribution is 0.101. The summed E-state index contributed by atoms with van der Waals surface area (Å²) in [7, 11) is 0. The van der Waals surface area contributed by atoms with E-state index < -0.39 is 5.78 Å². The summed E-state index contributed by atoms with van der Waals surface area (Å²) in [6, 6.07) is 14.5. The average Bonchev–Trinajstić information content (AvgIpc) is 3.18. The average molecular weight is 415 g/mol. The second-order valence-corrected chi connectivity index (χ2v) is 7.40. The fraction of sp³-hybridized carbons (Fsp3) is 0.0556. The van der Waals surface area contributed by atoms with Crippen molar-refractivity contribution in [1.29, 1.82) is 0 Å². The smallest absolute Gasteiger partial charge is 0.330 e. The van der Waals surface area contributed by atoms with E-state index in [4.69, 9.17) is 4.42 Å². The minimum atomic E-state index is -0.403. The quantitative estimate of drug-likeness (QED) is 0.467. The van der Waals surface area contributed by atoms with E-state index in [0.29, 0.717) is 11.3 Å². The summed E-state index contributed by atoms with van der Waals surface area (Å²) in [4.78, 5) is 24.5. The van der Waals surface area contributed by atoms with Gasteiger partial charge in [0.2, 0.25) is 0 Å². The summed E-state index contributed by atoms with van der Waals surface area (Å²) in [5, 5.41) is 5.09. The molecule has 0 aliphatic heterocycles. The van der Waals surface area contributed by atoms with Crippen LogP contribution in [0.4, 0.5) is 0 Å². The summed E-state index contributed by atoms with van der Waals surface area (Å²) in [6.45, 7) is 1.96. The summed E-state index contributed by atoms with van der Waals surface area (Å²) in [6.07, 6.45) is 0. The molecule has 0 bridgehead atoms. The second kappa shape index (κ2) is 6.09. The Bertz CT molecular complexity index is 1160. The third-order valence-corrected chi connectivity index (χ3v) is 5.02. The van der Waals surface area contributed by atoms with E-state index in [1.165, 1.54) is 4.68 Å². The molecule has 0 saturated heterocycles. The number of carbonyl (C=O) groups is 1. The summed E-state index contributed by atoms with van der Waals surface area (Å²) in [5.74, 6) is -0.238. The molecule has 7 heteroatoms. The molecular weight excluding hydrogens is 404 g/mol. The third-order valence-electron chi connectivity index (χ3n) is 3.72. The third kappa shape index (κ3) is 2.96. The molecule has 0 unspecified atom stereocenters. The van der Waals surface area contributed by atoms with E-state index >= 15 is 0 Å². The minimum absolute atomic E-state index is 0.101. The Labute approximate surface area is 154 Å². The first-order valence-electron chi connectivity index (χ1n) is 7.42. The molecule has 2 heterocycles. The Morgan fingerprint density at radius 2 is 1.92 bits per heavy atom. The molecule has 0 aliphatic rings. The van der Waals surface area contributed by atoms with Crippen LogP contribution < -0.4 is 4.87 Å². The maximum atomic E-state index is 12.6. The fourth-order valence-corrected chi connectivity index (χ4v) is 3.54. The first-order chi connectivity index (χ1) is 12.0. The van der Waals surface area contributed by atoms with Gasteiger partial charge in [-0.3, -0.25) is 9.59 Å². The first kappa shape index (κ1) is 16.0. The van der Waals surface area contributed by atoms with E-state index in [9.17, 15) is 9.59 Å². The van der Waals surface area contributed by atoms with Gasteiger partial charge < -0.3 is 4.42 Å². The number of rotatable bonds is 3. The molecular formula is C18H11BrN2O3S. The standard InChI is InChI=1S/C18H11BrN2O3S/c1-10-2-5-13(6-3-10)21-18(23)25-17(20-21)16(22)15-9-11-8-12(19)4-7-14(11)24-15/h2-9H,1H3. The predicted molar refractivity (Wildman–Crippen MR) is 99.8 cm³/mol. The predicted octanol–water partition coefficient (Wildman–Crippen LogP) is 4.34. The Morgan fingerprint density at radius 1 is 1.16 bits per heavy atom. The van der Waals surface area contributed by atoms with Gasteiger partial charge in [0.05, 0.1) is 5.69 Å². The van der Waals surface area contributed by atoms with Gasteiger partial charge >= 0.3 is 4.87 Å². The number of fused-ring (bicyclic) bond motifs is 1. The molecule has 0 saturated carbocycles. The van der Waals surface area contributed by atoms with Crippen LogP contribution in [-0.4, -0.2) is 15.6 Å². The lowest BCUT2D eigenvalue weighted by atomic mass is 10.2. The van der Waals surface area contributed by atoms with E-state index in [1.807, 2.05) is 31.2 Å². The second-order valence-electron chi connectivity index (χ2n) is 5.54. The molecule has 5 nitrogen and oxygen atoms in total. The van der Waals surface area contributed by atoms with E-state index in [0.717, 1.165) is 26.8 Å². The molecule has 0 atom stereocenters. The number of carbonyl (C=O) groups excluding carboxylic acids is 1. The molecule has 0 radical (unpaired) electrons. The van der Waals surface area contributed by atoms with Gasteiger partial charge in [-0.15, -0.1) is 5.10 Å². The van der Waals surface area contributed by atoms with Crippen LogP contribution in [-0.2, 0) is 0 Å². The molecule has 4 rings (SSSR count). The summed E-state index contributed by atoms with van der Waals surface area (Å²) < 4.78 is 7.72. The van der Waals surface area contributed by atoms with Crippen molar-refractivity contribution in [3.05, 3.63) is 79.0 Å². The topological polar surface area (TPSA) is 65.1 Å². The van der Waals surface area contributed by atoms with Gasteiger partial charge in [-0.05, 0) is 54.7 Å². The van der Waals surface area contributed by atoms with Crippen molar-refractivity contribution in [1.82, 2.24) is 9.78 Å². The Balaban J connectivity index is 1.73. The number of furan rings is 1. The number of benzene rings is 2. The van der Waals surface area contributed by atoms with Gasteiger partial charge in [0.25, 0.3) is 5.78 Å². The maximum absolute atomic E-state index is 12.6. The van der Waals surface area contributed by atoms with Crippen LogP contribution in [0.1, 0.15) is 21.1 Å². The first-order valence-corrected chi connectivity index (χ1v) is 9.03. The largest absolute Gasteiger partial charge is 0.452 e. The van der Waals surface area contributed by atoms with E-state index in [-0.39, 0.29) is 15.6 Å². The van der Waals surface area contributed by atoms with Gasteiger partial charge in [0.15, 0.2) is 10.8 Å². The van der Waals surface area contributed by atoms with Crippen molar-refractivity contribution >= 4 is 44.0 Å². The molecule has 4 aromatic rings. The molecule has 0 fully saturated rings. The lowest BCUT2D eigenvalue weighted by Gasteiger charge is -1.99. The number of aryl methyl sites for hydroxylation is 1. The molecule has 0 spiro atoms. The molecule has 2 aromatic carbocycles. The van der Waals surface area contributed by atoms with Gasteiger partial charge in [-0.1, -0.05) is 33.6 Å². The Kier molecular flexibility index (Phi) is 3.89. The van der Waals surface area contributed by atoms with Crippen LogP contribution in [0.5, 0.6) is 0 Å². The maximum Gasteiger partial charge on any atom is 0.330 e. The zero-order valence-electron chi connectivity index (χ0n) is 13.0. The van der Waals surface area contributed by atoms with Crippen molar-refractivity contribution in [2.75, 3.05) is 0 Å². The highest BCUT2D eigenvalue weighted by Gasteiger charge is 2.20. The molecule has 0 amide bonds. The SMILES string of the molecule is Cc1ccc(-n2nc(C(=O)c3cc4cc(Br)ccc4o3)sc2=O)cc1. The van der Waals surface area contributed by atoms with Crippen molar-refractivity contribution in [2.24, 2.45) is 0 Å². The zero-order valence-corrected chi connectivity index (χ0v) is 15.4. The van der Waals surface area contributed by atoms with E-state index in [1.54, 1.807) is 24.3 Å². The van der Waals surface area contributed by atoms with Crippen LogP contribution in [0.15, 0.2) is 62.2 Å². The molecule has 25 heavy (non-hydrogen) atoms. The fourth-order valence-electron chi connectivity index (χ4n) is 2.45. The van der Waals surface area contributed by atoms with Crippen LogP contribution >= 0.6 is 27.3 Å². The summed E-state index contributed by atoms with van der Waals surface area (Å²) in [5.41, 5.74) is 2.31. The van der Waals surface area contributed by atoms with Gasteiger partial charge in [-0.2, -0.15) is 4.68 Å². The van der Waals surface area contributed by atoms with Gasteiger partial charge in [-0.25, -0.2) is 0 Å². The molecule has 124 valence electrons. The number of halogens is 1. The number of hydrogen-bond donors (Lipinski definition) is 0. The van der Waals surface area contributed by atoms with Crippen molar-refractivity contribution in [3.8, 4) is 5.69 Å². The molecule has 2 aromatic heterocycles. The highest BCUT2D eigenvalue weighted by Crippen LogP contribution is 2.25. The molecule has 0 aliphatic carbocycles. The Morgan fingerprint density at radius 3 is 2.68 bits per heavy atom. The number of hydrogen-bond acceptors (Lipinski definition) is 5. The zero-order chi connectivity index (χ0) is 17.6. The van der Waals surface area contributed by atoms with Gasteiger partial charge in [0, 0.05) is 9.86 Å².